The molecule has 6 N–H and O–H groups in total. The van der Waals surface area contributed by atoms with Gasteiger partial charge in [0.15, 0.2) is 5.37 Å². The van der Waals surface area contributed by atoms with Gasteiger partial charge in [-0.25, -0.2) is 5.26 Å². The molecule has 2 heterocycles. The van der Waals surface area contributed by atoms with Crippen LogP contribution in [0.25, 0.3) is 10.8 Å². The number of nitrogens with one attached hydrogen (secondary N) is 2. The van der Waals surface area contributed by atoms with E-state index in [0.29, 0.717) is 44.1 Å². The SMILES string of the molecule is O=S(=O)(O)CCCOc1cc(N=Nc2cccc(SOOO)c2)ccc1Nc1nc(Nc2ccc(N=Nc3ccc4cc(S(=O)(=O)O)ccc4c3)cc2)nc(N2CC2S(=O)(=O)O)n1. The third-order valence-corrected chi connectivity index (χ3v) is 11.9. The van der Waals surface area contributed by atoms with Crippen molar-refractivity contribution in [3.05, 3.63) is 103 Å². The second-order valence-corrected chi connectivity index (χ2v) is 18.5. The summed E-state index contributed by atoms with van der Waals surface area (Å²) in [5.41, 5.74) is 2.39. The molecule has 1 fully saturated rings. The van der Waals surface area contributed by atoms with Crippen LogP contribution in [0.2, 0.25) is 0 Å². The molecule has 0 aliphatic carbocycles. The van der Waals surface area contributed by atoms with Crippen LogP contribution in [0.5, 0.6) is 5.75 Å². The van der Waals surface area contributed by atoms with E-state index in [1.807, 2.05) is 0 Å². The average Bonchev–Trinajstić information content (AvgIpc) is 4.06. The van der Waals surface area contributed by atoms with Crippen molar-refractivity contribution >= 4 is 105 Å². The second kappa shape index (κ2) is 19.0. The summed E-state index contributed by atoms with van der Waals surface area (Å²) in [7, 11) is -13.1. The van der Waals surface area contributed by atoms with E-state index in [2.05, 4.69) is 55.4 Å². The molecule has 328 valence electrons. The largest absolute Gasteiger partial charge is 0.491 e. The van der Waals surface area contributed by atoms with E-state index < -0.39 is 41.5 Å². The lowest BCUT2D eigenvalue weighted by atomic mass is 10.1. The summed E-state index contributed by atoms with van der Waals surface area (Å²) < 4.78 is 108. The molecule has 1 atom stereocenters. The van der Waals surface area contributed by atoms with Crippen molar-refractivity contribution in [2.75, 3.05) is 34.4 Å². The Labute approximate surface area is 362 Å². The smallest absolute Gasteiger partial charge is 0.294 e. The number of rotatable bonds is 19. The second-order valence-electron chi connectivity index (χ2n) is 13.2. The molecule has 1 aliphatic rings. The molecule has 6 aromatic rings. The topological polar surface area (TPSA) is 326 Å². The van der Waals surface area contributed by atoms with E-state index >= 15 is 0 Å². The van der Waals surface area contributed by atoms with E-state index in [9.17, 15) is 38.9 Å². The van der Waals surface area contributed by atoms with Crippen molar-refractivity contribution in [1.29, 1.82) is 0 Å². The fraction of sp³-hybridized carbons (Fsp3) is 0.139. The quantitative estimate of drug-likeness (QED) is 0.00861. The number of nitrogens with zero attached hydrogens (tertiary/aromatic N) is 8. The van der Waals surface area contributed by atoms with Crippen LogP contribution in [0.1, 0.15) is 6.42 Å². The lowest BCUT2D eigenvalue weighted by Gasteiger charge is -2.15. The molecule has 0 saturated carbocycles. The van der Waals surface area contributed by atoms with Crippen LogP contribution >= 0.6 is 12.0 Å². The predicted molar refractivity (Wildman–Crippen MR) is 228 cm³/mol. The van der Waals surface area contributed by atoms with E-state index in [4.69, 9.17) is 9.99 Å². The van der Waals surface area contributed by atoms with Crippen molar-refractivity contribution in [2.24, 2.45) is 20.5 Å². The number of fused-ring (bicyclic) bond motifs is 1. The third kappa shape index (κ3) is 12.7. The Morgan fingerprint density at radius 2 is 1.35 bits per heavy atom. The van der Waals surface area contributed by atoms with Gasteiger partial charge in [0, 0.05) is 16.6 Å². The van der Waals surface area contributed by atoms with Crippen LogP contribution in [0.15, 0.2) is 133 Å². The van der Waals surface area contributed by atoms with Crippen molar-refractivity contribution in [2.45, 2.75) is 21.6 Å². The molecule has 1 aromatic heterocycles. The highest BCUT2D eigenvalue weighted by molar-refractivity contribution is 7.94. The first kappa shape index (κ1) is 44.8. The maximum atomic E-state index is 11.9. The zero-order chi connectivity index (χ0) is 44.8. The van der Waals surface area contributed by atoms with Crippen LogP contribution in [0.3, 0.4) is 0 Å². The zero-order valence-corrected chi connectivity index (χ0v) is 35.2. The van der Waals surface area contributed by atoms with E-state index in [0.717, 1.165) is 12.0 Å². The molecule has 27 heteroatoms. The number of aromatic nitrogens is 3. The summed E-state index contributed by atoms with van der Waals surface area (Å²) in [5.74, 6) is -0.671. The fourth-order valence-electron chi connectivity index (χ4n) is 5.59. The summed E-state index contributed by atoms with van der Waals surface area (Å²) in [6.45, 7) is -0.255. The molecule has 1 aliphatic heterocycles. The zero-order valence-electron chi connectivity index (χ0n) is 31.9. The molecule has 0 amide bonds. The predicted octanol–water partition coefficient (Wildman–Crippen LogP) is 7.71. The molecule has 0 bridgehead atoms. The van der Waals surface area contributed by atoms with Crippen LogP contribution in [0, 0.1) is 0 Å². The van der Waals surface area contributed by atoms with Crippen LogP contribution in [-0.4, -0.2) is 83.4 Å². The fourth-order valence-corrected chi connectivity index (χ4v) is 7.76. The molecule has 0 spiro atoms. The maximum Gasteiger partial charge on any atom is 0.294 e. The summed E-state index contributed by atoms with van der Waals surface area (Å²) in [6, 6.07) is 27.0. The molecule has 1 unspecified atom stereocenters. The molecule has 23 nitrogen and oxygen atoms in total. The first-order valence-corrected chi connectivity index (χ1v) is 23.2. The summed E-state index contributed by atoms with van der Waals surface area (Å²) in [6.07, 6.45) is -0.0731. The Kier molecular flexibility index (Phi) is 13.5. The van der Waals surface area contributed by atoms with E-state index in [1.54, 1.807) is 84.9 Å². The van der Waals surface area contributed by atoms with Crippen LogP contribution in [0.4, 0.5) is 52.0 Å². The summed E-state index contributed by atoms with van der Waals surface area (Å²) in [5, 5.41) is 35.0. The van der Waals surface area contributed by atoms with Crippen molar-refractivity contribution in [1.82, 2.24) is 15.0 Å². The van der Waals surface area contributed by atoms with Gasteiger partial charge in [0.2, 0.25) is 17.8 Å². The number of azo groups is 2. The van der Waals surface area contributed by atoms with Crippen LogP contribution in [-0.2, 0) is 39.7 Å². The van der Waals surface area contributed by atoms with Gasteiger partial charge in [-0.3, -0.25) is 13.7 Å². The minimum absolute atomic E-state index is 0.0384. The van der Waals surface area contributed by atoms with Gasteiger partial charge in [0.05, 0.1) is 64.3 Å². The lowest BCUT2D eigenvalue weighted by molar-refractivity contribution is -0.432. The Morgan fingerprint density at radius 1 is 0.714 bits per heavy atom. The summed E-state index contributed by atoms with van der Waals surface area (Å²) >= 11 is 0.733. The normalized spacial score (nSPS) is 14.4. The first-order valence-electron chi connectivity index (χ1n) is 17.9. The standard InChI is InChI=1S/C36H32N10O13S4/c47-58-59-60-29-4-1-3-26(19-29)43-45-28-12-14-31(32(20-28)57-15-2-16-61(48,49)50)38-35-39-34(40-36(41-35)46-21-33(46)63(54,55)56)37-24-8-10-25(11-9-24)42-44-27-7-5-23-18-30(62(51,52)53)13-6-22(23)17-27/h1,3-14,17-20,33,47H,2,15-16,21H2,(H,48,49,50)(H,51,52,53)(H,54,55,56)(H2,37,38,39,40,41). The first-order chi connectivity index (χ1) is 30.0. The van der Waals surface area contributed by atoms with Gasteiger partial charge in [-0.1, -0.05) is 23.2 Å². The molecule has 63 heavy (non-hydrogen) atoms. The number of anilines is 5. The molecule has 0 radical (unpaired) electrons. The molecular formula is C36H32N10O13S4. The van der Waals surface area contributed by atoms with Crippen molar-refractivity contribution in [3.63, 3.8) is 0 Å². The highest BCUT2D eigenvalue weighted by Gasteiger charge is 2.46. The molecule has 1 saturated heterocycles. The van der Waals surface area contributed by atoms with Gasteiger partial charge in [-0.15, -0.1) is 4.33 Å². The van der Waals surface area contributed by atoms with Crippen LogP contribution < -0.4 is 20.3 Å². The van der Waals surface area contributed by atoms with Crippen molar-refractivity contribution < 1.29 is 58.3 Å². The highest BCUT2D eigenvalue weighted by atomic mass is 32.2. The Balaban J connectivity index is 1.12. The van der Waals surface area contributed by atoms with E-state index in [-0.39, 0.29) is 53.7 Å². The van der Waals surface area contributed by atoms with Gasteiger partial charge in [0.1, 0.15) is 5.75 Å². The summed E-state index contributed by atoms with van der Waals surface area (Å²) in [4.78, 5) is 14.7. The average molecular weight is 941 g/mol. The van der Waals surface area contributed by atoms with Gasteiger partial charge in [-0.2, -0.15) is 60.7 Å². The Hall–Kier alpha value is -6.27. The van der Waals surface area contributed by atoms with Gasteiger partial charge in [0.25, 0.3) is 30.4 Å². The third-order valence-electron chi connectivity index (χ3n) is 8.56. The number of hydrogen-bond donors (Lipinski definition) is 6. The number of benzene rings is 5. The van der Waals surface area contributed by atoms with Gasteiger partial charge < -0.3 is 20.3 Å². The minimum Gasteiger partial charge on any atom is -0.491 e. The molecular weight excluding hydrogens is 909 g/mol. The van der Waals surface area contributed by atoms with Gasteiger partial charge >= 0.3 is 0 Å². The monoisotopic (exact) mass is 940 g/mol. The lowest BCUT2D eigenvalue weighted by Crippen LogP contribution is -2.15. The van der Waals surface area contributed by atoms with E-state index in [1.165, 1.54) is 23.1 Å². The highest BCUT2D eigenvalue weighted by Crippen LogP contribution is 2.35. The van der Waals surface area contributed by atoms with Crippen molar-refractivity contribution in [3.8, 4) is 5.75 Å². The molecule has 5 aromatic carbocycles. The Morgan fingerprint density at radius 3 is 2.03 bits per heavy atom. The molecule has 7 rings (SSSR count). The maximum absolute atomic E-state index is 11.9. The minimum atomic E-state index is -4.47. The van der Waals surface area contributed by atoms with Gasteiger partial charge in [-0.05, 0) is 96.1 Å². The number of hydrogen-bond acceptors (Lipinski definition) is 21. The number of ether oxygens (including phenoxy) is 1. The Bertz CT molecular complexity index is 3060.